The first-order chi connectivity index (χ1) is 8.24. The molecule has 0 aromatic heterocycles. The predicted molar refractivity (Wildman–Crippen MR) is 71.1 cm³/mol. The zero-order chi connectivity index (χ0) is 12.1. The molecule has 2 atom stereocenters. The van der Waals surface area contributed by atoms with E-state index in [4.69, 9.17) is 10.5 Å². The molecule has 2 rings (SSSR count). The molecule has 0 aromatic carbocycles. The minimum absolute atomic E-state index is 0.146. The van der Waals surface area contributed by atoms with Crippen molar-refractivity contribution in [3.63, 3.8) is 0 Å². The summed E-state index contributed by atoms with van der Waals surface area (Å²) in [6.45, 7) is 3.77. The molecule has 0 spiro atoms. The van der Waals surface area contributed by atoms with Gasteiger partial charge >= 0.3 is 0 Å². The topological polar surface area (TPSA) is 47.3 Å². The van der Waals surface area contributed by atoms with Crippen molar-refractivity contribution in [3.05, 3.63) is 0 Å². The lowest BCUT2D eigenvalue weighted by atomic mass is 9.85. The van der Waals surface area contributed by atoms with Crippen LogP contribution in [0.15, 0.2) is 0 Å². The van der Waals surface area contributed by atoms with Gasteiger partial charge in [0.15, 0.2) is 0 Å². The summed E-state index contributed by atoms with van der Waals surface area (Å²) in [5.74, 6) is 0. The van der Waals surface area contributed by atoms with Crippen molar-refractivity contribution in [3.8, 4) is 0 Å². The molecular formula is C14H28N2O. The number of hydrogen-bond acceptors (Lipinski definition) is 3. The fraction of sp³-hybridized carbons (Fsp3) is 1.00. The van der Waals surface area contributed by atoms with Crippen molar-refractivity contribution in [2.45, 2.75) is 76.0 Å². The first-order valence-electron chi connectivity index (χ1n) is 7.33. The summed E-state index contributed by atoms with van der Waals surface area (Å²) < 4.78 is 5.65. The molecule has 0 amide bonds. The van der Waals surface area contributed by atoms with Gasteiger partial charge in [0, 0.05) is 24.7 Å². The minimum atomic E-state index is 0.146. The molecule has 0 radical (unpaired) electrons. The van der Waals surface area contributed by atoms with E-state index in [1.54, 1.807) is 0 Å². The number of nitrogens with two attached hydrogens (primary N) is 1. The average molecular weight is 240 g/mol. The van der Waals surface area contributed by atoms with Gasteiger partial charge in [-0.05, 0) is 32.6 Å². The molecule has 3 N–H and O–H groups in total. The van der Waals surface area contributed by atoms with Gasteiger partial charge in [-0.25, -0.2) is 0 Å². The molecule has 100 valence electrons. The lowest BCUT2D eigenvalue weighted by molar-refractivity contribution is -0.0200. The van der Waals surface area contributed by atoms with Crippen LogP contribution in [0.5, 0.6) is 0 Å². The smallest absolute Gasteiger partial charge is 0.0565 e. The van der Waals surface area contributed by atoms with Crippen molar-refractivity contribution >= 4 is 0 Å². The Balaban J connectivity index is 1.92. The Kier molecular flexibility index (Phi) is 4.83. The van der Waals surface area contributed by atoms with Gasteiger partial charge in [0.1, 0.15) is 0 Å². The summed E-state index contributed by atoms with van der Waals surface area (Å²) in [6.07, 6.45) is 10.7. The molecule has 1 heterocycles. The van der Waals surface area contributed by atoms with Crippen LogP contribution in [-0.2, 0) is 4.74 Å². The average Bonchev–Trinajstić information content (AvgIpc) is 2.57. The van der Waals surface area contributed by atoms with Gasteiger partial charge in [-0.1, -0.05) is 25.7 Å². The Labute approximate surface area is 105 Å². The Morgan fingerprint density at radius 1 is 1.24 bits per heavy atom. The van der Waals surface area contributed by atoms with Crippen LogP contribution in [0.4, 0.5) is 0 Å². The quantitative estimate of drug-likeness (QED) is 0.743. The van der Waals surface area contributed by atoms with Gasteiger partial charge in [-0.15, -0.1) is 0 Å². The van der Waals surface area contributed by atoms with E-state index in [-0.39, 0.29) is 5.54 Å². The second-order valence-electron chi connectivity index (χ2n) is 5.95. The summed E-state index contributed by atoms with van der Waals surface area (Å²) in [6, 6.07) is 0.686. The van der Waals surface area contributed by atoms with Crippen LogP contribution in [0.1, 0.15) is 58.3 Å². The van der Waals surface area contributed by atoms with Crippen molar-refractivity contribution in [2.75, 3.05) is 13.2 Å². The van der Waals surface area contributed by atoms with Gasteiger partial charge in [-0.2, -0.15) is 0 Å². The zero-order valence-electron chi connectivity index (χ0n) is 11.2. The fourth-order valence-electron chi connectivity index (χ4n) is 3.40. The van der Waals surface area contributed by atoms with Gasteiger partial charge in [0.05, 0.1) is 6.10 Å². The van der Waals surface area contributed by atoms with Crippen LogP contribution in [0.2, 0.25) is 0 Å². The standard InChI is InChI=1S/C14H28N2O/c1-12-10-14(11-15,8-9-17-12)16-13-6-4-2-3-5-7-13/h12-13,16H,2-11,15H2,1H3. The van der Waals surface area contributed by atoms with E-state index < -0.39 is 0 Å². The van der Waals surface area contributed by atoms with Gasteiger partial charge in [0.2, 0.25) is 0 Å². The van der Waals surface area contributed by atoms with Crippen LogP contribution >= 0.6 is 0 Å². The lowest BCUT2D eigenvalue weighted by Crippen LogP contribution is -2.59. The summed E-state index contributed by atoms with van der Waals surface area (Å²) in [4.78, 5) is 0. The maximum absolute atomic E-state index is 6.04. The van der Waals surface area contributed by atoms with Crippen LogP contribution in [0, 0.1) is 0 Å². The molecule has 1 saturated carbocycles. The lowest BCUT2D eigenvalue weighted by Gasteiger charge is -2.42. The summed E-state index contributed by atoms with van der Waals surface area (Å²) in [5, 5.41) is 3.89. The predicted octanol–water partition coefficient (Wildman–Crippen LogP) is 2.20. The molecule has 17 heavy (non-hydrogen) atoms. The van der Waals surface area contributed by atoms with E-state index in [1.165, 1.54) is 38.5 Å². The molecule has 0 aromatic rings. The highest BCUT2D eigenvalue weighted by Gasteiger charge is 2.35. The molecule has 0 bridgehead atoms. The Morgan fingerprint density at radius 2 is 1.94 bits per heavy atom. The molecule has 2 unspecified atom stereocenters. The van der Waals surface area contributed by atoms with E-state index in [9.17, 15) is 0 Å². The minimum Gasteiger partial charge on any atom is -0.378 e. The van der Waals surface area contributed by atoms with Crippen molar-refractivity contribution in [1.82, 2.24) is 5.32 Å². The molecule has 3 heteroatoms. The Bertz CT molecular complexity index is 226. The van der Waals surface area contributed by atoms with Crippen LogP contribution in [0.25, 0.3) is 0 Å². The highest BCUT2D eigenvalue weighted by atomic mass is 16.5. The first-order valence-corrected chi connectivity index (χ1v) is 7.33. The molecule has 1 saturated heterocycles. The number of hydrogen-bond donors (Lipinski definition) is 2. The van der Waals surface area contributed by atoms with Gasteiger partial charge in [0.25, 0.3) is 0 Å². The van der Waals surface area contributed by atoms with Crippen LogP contribution < -0.4 is 11.1 Å². The third kappa shape index (κ3) is 3.67. The summed E-state index contributed by atoms with van der Waals surface area (Å²) in [5.41, 5.74) is 6.18. The highest BCUT2D eigenvalue weighted by Crippen LogP contribution is 2.27. The van der Waals surface area contributed by atoms with Gasteiger partial charge in [-0.3, -0.25) is 0 Å². The number of nitrogens with one attached hydrogen (secondary N) is 1. The molecular weight excluding hydrogens is 212 g/mol. The zero-order valence-corrected chi connectivity index (χ0v) is 11.2. The van der Waals surface area contributed by atoms with Crippen molar-refractivity contribution in [2.24, 2.45) is 5.73 Å². The first kappa shape index (κ1) is 13.3. The largest absolute Gasteiger partial charge is 0.378 e. The van der Waals surface area contributed by atoms with E-state index in [0.717, 1.165) is 26.0 Å². The summed E-state index contributed by atoms with van der Waals surface area (Å²) in [7, 11) is 0. The van der Waals surface area contributed by atoms with E-state index in [2.05, 4.69) is 12.2 Å². The third-order valence-corrected chi connectivity index (χ3v) is 4.42. The molecule has 3 nitrogen and oxygen atoms in total. The SMILES string of the molecule is CC1CC(CN)(NC2CCCCCC2)CCO1. The molecule has 1 aliphatic carbocycles. The second-order valence-corrected chi connectivity index (χ2v) is 5.95. The Hall–Kier alpha value is -0.120. The summed E-state index contributed by atoms with van der Waals surface area (Å²) >= 11 is 0. The maximum atomic E-state index is 6.04. The van der Waals surface area contributed by atoms with Crippen molar-refractivity contribution < 1.29 is 4.74 Å². The third-order valence-electron chi connectivity index (χ3n) is 4.42. The van der Waals surface area contributed by atoms with Crippen LogP contribution in [0.3, 0.4) is 0 Å². The monoisotopic (exact) mass is 240 g/mol. The normalized spacial score (nSPS) is 36.7. The van der Waals surface area contributed by atoms with E-state index in [0.29, 0.717) is 12.1 Å². The van der Waals surface area contributed by atoms with Crippen molar-refractivity contribution in [1.29, 1.82) is 0 Å². The van der Waals surface area contributed by atoms with Gasteiger partial charge < -0.3 is 15.8 Å². The van der Waals surface area contributed by atoms with E-state index >= 15 is 0 Å². The second kappa shape index (κ2) is 6.17. The number of ether oxygens (including phenoxy) is 1. The fourth-order valence-corrected chi connectivity index (χ4v) is 3.40. The number of rotatable bonds is 3. The molecule has 2 fully saturated rings. The molecule has 2 aliphatic rings. The van der Waals surface area contributed by atoms with Crippen LogP contribution in [-0.4, -0.2) is 30.8 Å². The van der Waals surface area contributed by atoms with E-state index in [1.807, 2.05) is 0 Å². The maximum Gasteiger partial charge on any atom is 0.0565 e. The Morgan fingerprint density at radius 3 is 2.53 bits per heavy atom. The highest BCUT2D eigenvalue weighted by molar-refractivity contribution is 4.95. The molecule has 1 aliphatic heterocycles.